The first kappa shape index (κ1) is 17.5. The van der Waals surface area contributed by atoms with Gasteiger partial charge in [-0.25, -0.2) is 0 Å². The Hall–Kier alpha value is -2.89. The Labute approximate surface area is 141 Å². The predicted octanol–water partition coefficient (Wildman–Crippen LogP) is 2.51. The molecule has 0 saturated carbocycles. The van der Waals surface area contributed by atoms with E-state index >= 15 is 0 Å². The number of carbonyl (C=O) groups is 2. The van der Waals surface area contributed by atoms with Gasteiger partial charge in [0, 0.05) is 6.20 Å². The second-order valence-electron chi connectivity index (χ2n) is 5.49. The number of para-hydroxylation sites is 2. The van der Waals surface area contributed by atoms with Crippen LogP contribution in [-0.4, -0.2) is 22.9 Å². The van der Waals surface area contributed by atoms with E-state index in [1.807, 2.05) is 26.0 Å². The van der Waals surface area contributed by atoms with Gasteiger partial charge >= 0.3 is 0 Å². The largest absolute Gasteiger partial charge is 0.489 e. The number of rotatable bonds is 7. The predicted molar refractivity (Wildman–Crippen MR) is 91.5 cm³/mol. The van der Waals surface area contributed by atoms with Gasteiger partial charge in [0.05, 0.1) is 24.0 Å². The maximum absolute atomic E-state index is 12.0. The summed E-state index contributed by atoms with van der Waals surface area (Å²) < 4.78 is 5.63. The first-order chi connectivity index (χ1) is 11.5. The molecule has 2 rings (SSSR count). The van der Waals surface area contributed by atoms with Crippen molar-refractivity contribution in [2.75, 3.05) is 5.32 Å². The minimum atomic E-state index is -0.395. The summed E-state index contributed by atoms with van der Waals surface area (Å²) in [5, 5.41) is 5.37. The van der Waals surface area contributed by atoms with Crippen LogP contribution in [0.15, 0.2) is 48.7 Å². The fourth-order valence-electron chi connectivity index (χ4n) is 2.02. The van der Waals surface area contributed by atoms with Crippen molar-refractivity contribution in [1.29, 1.82) is 0 Å². The second kappa shape index (κ2) is 8.67. The molecule has 0 unspecified atom stereocenters. The highest BCUT2D eigenvalue weighted by atomic mass is 16.5. The molecular formula is C18H21N3O3. The van der Waals surface area contributed by atoms with Gasteiger partial charge in [0.1, 0.15) is 12.2 Å². The molecule has 6 heteroatoms. The summed E-state index contributed by atoms with van der Waals surface area (Å²) in [5.41, 5.74) is 1.29. The molecule has 2 aromatic rings. The SMILES string of the molecule is CC(C)Oc1ccccc1NC(=O)CC(=O)NCc1ccccn1. The smallest absolute Gasteiger partial charge is 0.233 e. The lowest BCUT2D eigenvalue weighted by Gasteiger charge is -2.14. The average molecular weight is 327 g/mol. The minimum absolute atomic E-state index is 0.00952. The van der Waals surface area contributed by atoms with E-state index in [2.05, 4.69) is 15.6 Å². The van der Waals surface area contributed by atoms with Crippen LogP contribution in [0.2, 0.25) is 0 Å². The highest BCUT2D eigenvalue weighted by Crippen LogP contribution is 2.24. The number of ether oxygens (including phenoxy) is 1. The van der Waals surface area contributed by atoms with Crippen LogP contribution in [-0.2, 0) is 16.1 Å². The Balaban J connectivity index is 1.85. The molecule has 0 radical (unpaired) electrons. The van der Waals surface area contributed by atoms with E-state index in [0.717, 1.165) is 5.69 Å². The molecule has 0 saturated heterocycles. The van der Waals surface area contributed by atoms with Crippen LogP contribution in [0.4, 0.5) is 5.69 Å². The summed E-state index contributed by atoms with van der Waals surface area (Å²) in [6.45, 7) is 4.10. The van der Waals surface area contributed by atoms with Gasteiger partial charge in [0.25, 0.3) is 0 Å². The first-order valence-corrected chi connectivity index (χ1v) is 7.76. The Kier molecular flexibility index (Phi) is 6.31. The molecule has 0 fully saturated rings. The molecule has 2 N–H and O–H groups in total. The third-order valence-electron chi connectivity index (χ3n) is 3.04. The molecule has 0 bridgehead atoms. The van der Waals surface area contributed by atoms with Gasteiger partial charge in [-0.2, -0.15) is 0 Å². The Morgan fingerprint density at radius 1 is 1.08 bits per heavy atom. The summed E-state index contributed by atoms with van der Waals surface area (Å²) >= 11 is 0. The van der Waals surface area contributed by atoms with Crippen molar-refractivity contribution in [2.45, 2.75) is 32.9 Å². The number of hydrogen-bond donors (Lipinski definition) is 2. The van der Waals surface area contributed by atoms with E-state index < -0.39 is 5.91 Å². The van der Waals surface area contributed by atoms with Crippen LogP contribution in [0.25, 0.3) is 0 Å². The quantitative estimate of drug-likeness (QED) is 0.766. The zero-order valence-corrected chi connectivity index (χ0v) is 13.8. The lowest BCUT2D eigenvalue weighted by molar-refractivity contribution is -0.126. The topological polar surface area (TPSA) is 80.3 Å². The maximum Gasteiger partial charge on any atom is 0.233 e. The van der Waals surface area contributed by atoms with Gasteiger partial charge < -0.3 is 15.4 Å². The zero-order valence-electron chi connectivity index (χ0n) is 13.8. The first-order valence-electron chi connectivity index (χ1n) is 7.76. The van der Waals surface area contributed by atoms with Crippen LogP contribution in [0, 0.1) is 0 Å². The molecule has 0 aliphatic heterocycles. The van der Waals surface area contributed by atoms with E-state index in [0.29, 0.717) is 18.0 Å². The second-order valence-corrected chi connectivity index (χ2v) is 5.49. The summed E-state index contributed by atoms with van der Waals surface area (Å²) in [7, 11) is 0. The van der Waals surface area contributed by atoms with Crippen LogP contribution in [0.1, 0.15) is 26.0 Å². The van der Waals surface area contributed by atoms with Gasteiger partial charge in [-0.05, 0) is 38.1 Å². The van der Waals surface area contributed by atoms with E-state index in [1.54, 1.807) is 36.5 Å². The van der Waals surface area contributed by atoms with E-state index in [9.17, 15) is 9.59 Å². The lowest BCUT2D eigenvalue weighted by Crippen LogP contribution is -2.28. The van der Waals surface area contributed by atoms with Gasteiger partial charge in [0.2, 0.25) is 11.8 Å². The number of aromatic nitrogens is 1. The Morgan fingerprint density at radius 2 is 1.83 bits per heavy atom. The molecule has 0 aliphatic carbocycles. The van der Waals surface area contributed by atoms with Crippen LogP contribution >= 0.6 is 0 Å². The van der Waals surface area contributed by atoms with Gasteiger partial charge in [-0.15, -0.1) is 0 Å². The Bertz CT molecular complexity index is 687. The summed E-state index contributed by atoms with van der Waals surface area (Å²) in [6.07, 6.45) is 1.38. The molecule has 0 atom stereocenters. The van der Waals surface area contributed by atoms with Crippen LogP contribution in [0.5, 0.6) is 5.75 Å². The standard InChI is InChI=1S/C18H21N3O3/c1-13(2)24-16-9-4-3-8-15(16)21-18(23)11-17(22)20-12-14-7-5-6-10-19-14/h3-10,13H,11-12H2,1-2H3,(H,20,22)(H,21,23). The molecule has 24 heavy (non-hydrogen) atoms. The van der Waals surface area contributed by atoms with Gasteiger partial charge in [-0.3, -0.25) is 14.6 Å². The monoisotopic (exact) mass is 327 g/mol. The van der Waals surface area contributed by atoms with Crippen molar-refractivity contribution in [3.05, 3.63) is 54.4 Å². The van der Waals surface area contributed by atoms with Gasteiger partial charge in [0.15, 0.2) is 0 Å². The molecule has 6 nitrogen and oxygen atoms in total. The maximum atomic E-state index is 12.0. The molecule has 0 spiro atoms. The highest BCUT2D eigenvalue weighted by molar-refractivity contribution is 6.04. The number of amides is 2. The van der Waals surface area contributed by atoms with E-state index in [4.69, 9.17) is 4.74 Å². The average Bonchev–Trinajstić information content (AvgIpc) is 2.55. The molecule has 1 heterocycles. The normalized spacial score (nSPS) is 10.3. The number of nitrogens with one attached hydrogen (secondary N) is 2. The lowest BCUT2D eigenvalue weighted by atomic mass is 10.2. The Morgan fingerprint density at radius 3 is 2.54 bits per heavy atom. The van der Waals surface area contributed by atoms with E-state index in [-0.39, 0.29) is 18.4 Å². The number of carbonyl (C=O) groups excluding carboxylic acids is 2. The summed E-state index contributed by atoms with van der Waals surface area (Å²) in [4.78, 5) is 28.0. The van der Waals surface area contributed by atoms with Gasteiger partial charge in [-0.1, -0.05) is 18.2 Å². The van der Waals surface area contributed by atoms with Crippen molar-refractivity contribution in [2.24, 2.45) is 0 Å². The minimum Gasteiger partial charge on any atom is -0.489 e. The number of benzene rings is 1. The fourth-order valence-corrected chi connectivity index (χ4v) is 2.02. The molecular weight excluding hydrogens is 306 g/mol. The van der Waals surface area contributed by atoms with Crippen molar-refractivity contribution >= 4 is 17.5 Å². The molecule has 2 amide bonds. The summed E-state index contributed by atoms with van der Waals surface area (Å²) in [6, 6.07) is 12.6. The van der Waals surface area contributed by atoms with Crippen LogP contribution < -0.4 is 15.4 Å². The van der Waals surface area contributed by atoms with E-state index in [1.165, 1.54) is 0 Å². The fraction of sp³-hybridized carbons (Fsp3) is 0.278. The molecule has 1 aromatic carbocycles. The molecule has 1 aromatic heterocycles. The van der Waals surface area contributed by atoms with Crippen molar-refractivity contribution in [1.82, 2.24) is 10.3 Å². The number of pyridine rings is 1. The third kappa shape index (κ3) is 5.72. The molecule has 126 valence electrons. The number of nitrogens with zero attached hydrogens (tertiary/aromatic N) is 1. The van der Waals surface area contributed by atoms with Crippen molar-refractivity contribution in [3.8, 4) is 5.75 Å². The van der Waals surface area contributed by atoms with Crippen molar-refractivity contribution in [3.63, 3.8) is 0 Å². The highest BCUT2D eigenvalue weighted by Gasteiger charge is 2.12. The molecule has 0 aliphatic rings. The number of anilines is 1. The van der Waals surface area contributed by atoms with Crippen LogP contribution in [0.3, 0.4) is 0 Å². The van der Waals surface area contributed by atoms with Crippen molar-refractivity contribution < 1.29 is 14.3 Å². The zero-order chi connectivity index (χ0) is 17.4. The number of hydrogen-bond acceptors (Lipinski definition) is 4. The summed E-state index contributed by atoms with van der Waals surface area (Å²) in [5.74, 6) is -0.177. The third-order valence-corrected chi connectivity index (χ3v) is 3.04.